The van der Waals surface area contributed by atoms with E-state index in [1.807, 2.05) is 0 Å². The minimum absolute atomic E-state index is 0.0308. The highest BCUT2D eigenvalue weighted by Gasteiger charge is 2.40. The number of fused-ring (bicyclic) bond motifs is 1. The molecule has 0 bridgehead atoms. The van der Waals surface area contributed by atoms with E-state index in [4.69, 9.17) is 9.15 Å². The van der Waals surface area contributed by atoms with Crippen LogP contribution in [0.1, 0.15) is 13.3 Å². The fraction of sp³-hybridized carbons (Fsp3) is 0.500. The number of halogens is 4. The van der Waals surface area contributed by atoms with Crippen LogP contribution in [0.2, 0.25) is 0 Å². The maximum atomic E-state index is 14.3. The SMILES string of the molecule is CC1CN(S(=O)(=O)c2cc3oc(=O)[nH]c3cc2F)CC(CC(F)(F)F)O1. The summed E-state index contributed by atoms with van der Waals surface area (Å²) < 4.78 is 88.1. The molecule has 2 unspecified atom stereocenters. The van der Waals surface area contributed by atoms with Gasteiger partial charge in [-0.25, -0.2) is 17.6 Å². The summed E-state index contributed by atoms with van der Waals surface area (Å²) in [5.41, 5.74) is -0.208. The van der Waals surface area contributed by atoms with Gasteiger partial charge in [-0.1, -0.05) is 0 Å². The molecular formula is C14H14F4N2O5S. The molecule has 1 saturated heterocycles. The summed E-state index contributed by atoms with van der Waals surface area (Å²) in [6.45, 7) is 0.627. The molecular weight excluding hydrogens is 384 g/mol. The Labute approximate surface area is 144 Å². The van der Waals surface area contributed by atoms with E-state index in [2.05, 4.69) is 4.98 Å². The lowest BCUT2D eigenvalue weighted by atomic mass is 10.2. The van der Waals surface area contributed by atoms with Gasteiger partial charge in [-0.3, -0.25) is 4.98 Å². The van der Waals surface area contributed by atoms with Crippen molar-refractivity contribution in [2.75, 3.05) is 13.1 Å². The highest BCUT2D eigenvalue weighted by atomic mass is 32.2. The zero-order valence-electron chi connectivity index (χ0n) is 13.3. The molecule has 0 saturated carbocycles. The molecule has 1 N–H and O–H groups in total. The Balaban J connectivity index is 1.96. The first-order valence-corrected chi connectivity index (χ1v) is 8.94. The van der Waals surface area contributed by atoms with Crippen LogP contribution in [0.5, 0.6) is 0 Å². The van der Waals surface area contributed by atoms with Crippen molar-refractivity contribution < 1.29 is 35.1 Å². The van der Waals surface area contributed by atoms with Crippen molar-refractivity contribution in [1.82, 2.24) is 9.29 Å². The first kappa shape index (κ1) is 18.9. The fourth-order valence-corrected chi connectivity index (χ4v) is 4.47. The molecule has 1 aliphatic heterocycles. The fourth-order valence-electron chi connectivity index (χ4n) is 2.86. The molecule has 0 amide bonds. The third kappa shape index (κ3) is 3.76. The number of sulfonamides is 1. The van der Waals surface area contributed by atoms with Gasteiger partial charge in [-0.15, -0.1) is 0 Å². The van der Waals surface area contributed by atoms with Crippen molar-refractivity contribution >= 4 is 21.1 Å². The van der Waals surface area contributed by atoms with Gasteiger partial charge in [0.15, 0.2) is 5.58 Å². The van der Waals surface area contributed by atoms with Crippen LogP contribution in [0.4, 0.5) is 17.6 Å². The molecule has 1 aliphatic rings. The average Bonchev–Trinajstić information content (AvgIpc) is 2.82. The van der Waals surface area contributed by atoms with E-state index < -0.39 is 57.8 Å². The van der Waals surface area contributed by atoms with Gasteiger partial charge >= 0.3 is 11.9 Å². The van der Waals surface area contributed by atoms with E-state index in [9.17, 15) is 30.8 Å². The molecule has 1 aromatic heterocycles. The average molecular weight is 398 g/mol. The number of aromatic amines is 1. The predicted octanol–water partition coefficient (Wildman–Crippen LogP) is 1.99. The number of aromatic nitrogens is 1. The van der Waals surface area contributed by atoms with Crippen molar-refractivity contribution in [3.63, 3.8) is 0 Å². The van der Waals surface area contributed by atoms with Crippen LogP contribution < -0.4 is 5.76 Å². The molecule has 3 rings (SSSR count). The van der Waals surface area contributed by atoms with Crippen LogP contribution in [-0.2, 0) is 14.8 Å². The highest BCUT2D eigenvalue weighted by molar-refractivity contribution is 7.89. The third-order valence-electron chi connectivity index (χ3n) is 3.84. The molecule has 26 heavy (non-hydrogen) atoms. The number of benzene rings is 1. The van der Waals surface area contributed by atoms with Gasteiger partial charge < -0.3 is 9.15 Å². The summed E-state index contributed by atoms with van der Waals surface area (Å²) in [5, 5.41) is 0. The van der Waals surface area contributed by atoms with E-state index in [-0.39, 0.29) is 17.6 Å². The summed E-state index contributed by atoms with van der Waals surface area (Å²) in [7, 11) is -4.46. The van der Waals surface area contributed by atoms with Gasteiger partial charge in [0, 0.05) is 25.2 Å². The number of morpholine rings is 1. The van der Waals surface area contributed by atoms with Crippen LogP contribution in [0.15, 0.2) is 26.2 Å². The zero-order valence-corrected chi connectivity index (χ0v) is 14.2. The number of hydrogen-bond donors (Lipinski definition) is 1. The number of H-pyrrole nitrogens is 1. The first-order valence-electron chi connectivity index (χ1n) is 7.50. The van der Waals surface area contributed by atoms with Gasteiger partial charge in [-0.2, -0.15) is 17.5 Å². The van der Waals surface area contributed by atoms with Crippen molar-refractivity contribution in [3.8, 4) is 0 Å². The summed E-state index contributed by atoms with van der Waals surface area (Å²) in [5.74, 6) is -2.04. The van der Waals surface area contributed by atoms with Crippen molar-refractivity contribution in [2.24, 2.45) is 0 Å². The summed E-state index contributed by atoms with van der Waals surface area (Å²) in [4.78, 5) is 12.6. The zero-order chi connectivity index (χ0) is 19.3. The number of alkyl halides is 3. The Morgan fingerprint density at radius 1 is 1.31 bits per heavy atom. The molecule has 1 aromatic carbocycles. The molecule has 0 spiro atoms. The van der Waals surface area contributed by atoms with Gasteiger partial charge in [0.25, 0.3) is 0 Å². The van der Waals surface area contributed by atoms with Gasteiger partial charge in [-0.05, 0) is 6.92 Å². The number of oxazole rings is 1. The van der Waals surface area contributed by atoms with E-state index >= 15 is 0 Å². The normalized spacial score (nSPS) is 22.8. The highest BCUT2D eigenvalue weighted by Crippen LogP contribution is 2.30. The second-order valence-electron chi connectivity index (χ2n) is 6.00. The molecule has 7 nitrogen and oxygen atoms in total. The number of ether oxygens (including phenoxy) is 1. The Morgan fingerprint density at radius 3 is 2.65 bits per heavy atom. The molecule has 2 atom stereocenters. The smallest absolute Gasteiger partial charge is 0.408 e. The Morgan fingerprint density at radius 2 is 2.00 bits per heavy atom. The quantitative estimate of drug-likeness (QED) is 0.799. The number of nitrogens with zero attached hydrogens (tertiary/aromatic N) is 1. The maximum absolute atomic E-state index is 14.3. The lowest BCUT2D eigenvalue weighted by molar-refractivity contribution is -0.175. The number of rotatable bonds is 3. The Bertz CT molecular complexity index is 981. The minimum Gasteiger partial charge on any atom is -0.408 e. The molecule has 0 radical (unpaired) electrons. The molecule has 0 aliphatic carbocycles. The Kier molecular flexibility index (Phi) is 4.61. The standard InChI is InChI=1S/C14H14F4N2O5S/c1-7-5-20(6-8(24-7)4-14(16,17)18)26(22,23)12-3-11-10(2-9(12)15)19-13(21)25-11/h2-3,7-8H,4-6H2,1H3,(H,19,21). The second-order valence-corrected chi connectivity index (χ2v) is 7.91. The molecule has 2 heterocycles. The van der Waals surface area contributed by atoms with Gasteiger partial charge in [0.05, 0.1) is 24.1 Å². The lowest BCUT2D eigenvalue weighted by Gasteiger charge is -2.36. The largest absolute Gasteiger partial charge is 0.417 e. The minimum atomic E-state index is -4.53. The second kappa shape index (κ2) is 6.35. The van der Waals surface area contributed by atoms with E-state index in [1.54, 1.807) is 0 Å². The van der Waals surface area contributed by atoms with Crippen LogP contribution >= 0.6 is 0 Å². The summed E-state index contributed by atoms with van der Waals surface area (Å²) >= 11 is 0. The predicted molar refractivity (Wildman–Crippen MR) is 80.6 cm³/mol. The van der Waals surface area contributed by atoms with E-state index in [0.29, 0.717) is 0 Å². The Hall–Kier alpha value is -1.92. The van der Waals surface area contributed by atoms with Crippen LogP contribution in [0.25, 0.3) is 11.1 Å². The number of hydrogen-bond acceptors (Lipinski definition) is 5. The molecule has 2 aromatic rings. The molecule has 144 valence electrons. The van der Waals surface area contributed by atoms with Crippen molar-refractivity contribution in [1.29, 1.82) is 0 Å². The van der Waals surface area contributed by atoms with Crippen molar-refractivity contribution in [2.45, 2.75) is 36.6 Å². The molecule has 1 fully saturated rings. The van der Waals surface area contributed by atoms with Gasteiger partial charge in [0.2, 0.25) is 10.0 Å². The van der Waals surface area contributed by atoms with Crippen LogP contribution in [-0.4, -0.2) is 49.2 Å². The third-order valence-corrected chi connectivity index (χ3v) is 5.69. The summed E-state index contributed by atoms with van der Waals surface area (Å²) in [6, 6.07) is 1.61. The molecule has 12 heteroatoms. The van der Waals surface area contributed by atoms with Crippen molar-refractivity contribution in [3.05, 3.63) is 28.5 Å². The first-order chi connectivity index (χ1) is 12.0. The topological polar surface area (TPSA) is 92.6 Å². The number of nitrogens with one attached hydrogen (secondary N) is 1. The summed E-state index contributed by atoms with van der Waals surface area (Å²) in [6.07, 6.45) is -8.05. The van der Waals surface area contributed by atoms with Crippen LogP contribution in [0.3, 0.4) is 0 Å². The van der Waals surface area contributed by atoms with E-state index in [0.717, 1.165) is 16.4 Å². The van der Waals surface area contributed by atoms with Crippen LogP contribution in [0, 0.1) is 5.82 Å². The lowest BCUT2D eigenvalue weighted by Crippen LogP contribution is -2.50. The maximum Gasteiger partial charge on any atom is 0.417 e. The van der Waals surface area contributed by atoms with E-state index in [1.165, 1.54) is 6.92 Å². The monoisotopic (exact) mass is 398 g/mol. The van der Waals surface area contributed by atoms with Gasteiger partial charge in [0.1, 0.15) is 10.7 Å².